The number of benzene rings is 2. The summed E-state index contributed by atoms with van der Waals surface area (Å²) in [5.41, 5.74) is 9.91. The molecule has 0 unspecified atom stereocenters. The van der Waals surface area contributed by atoms with Gasteiger partial charge in [-0.05, 0) is 50.1 Å². The Morgan fingerprint density at radius 2 is 1.58 bits per heavy atom. The molecule has 0 aliphatic heterocycles. The Morgan fingerprint density at radius 1 is 0.947 bits per heavy atom. The average Bonchev–Trinajstić information content (AvgIpc) is 2.32. The molecule has 98 valence electrons. The van der Waals surface area contributed by atoms with E-state index in [-0.39, 0.29) is 0 Å². The SMILES string of the molecule is Cc1ccc(Oc2cc(C)ccc2C(N)=S)c(C)c1. The van der Waals surface area contributed by atoms with Gasteiger partial charge in [-0.15, -0.1) is 0 Å². The fraction of sp³-hybridized carbons (Fsp3) is 0.188. The van der Waals surface area contributed by atoms with Gasteiger partial charge in [0.1, 0.15) is 16.5 Å². The monoisotopic (exact) mass is 271 g/mol. The van der Waals surface area contributed by atoms with Crippen molar-refractivity contribution < 1.29 is 4.74 Å². The first-order valence-corrected chi connectivity index (χ1v) is 6.54. The van der Waals surface area contributed by atoms with Crippen LogP contribution in [0.25, 0.3) is 0 Å². The minimum absolute atomic E-state index is 0.347. The van der Waals surface area contributed by atoms with Crippen LogP contribution < -0.4 is 10.5 Å². The Bertz CT molecular complexity index is 635. The Labute approximate surface area is 119 Å². The zero-order valence-electron chi connectivity index (χ0n) is 11.4. The first kappa shape index (κ1) is 13.6. The van der Waals surface area contributed by atoms with Crippen molar-refractivity contribution in [3.05, 3.63) is 58.7 Å². The highest BCUT2D eigenvalue weighted by atomic mass is 32.1. The molecule has 2 aromatic rings. The molecule has 0 aromatic heterocycles. The lowest BCUT2D eigenvalue weighted by Gasteiger charge is -2.13. The second kappa shape index (κ2) is 5.41. The van der Waals surface area contributed by atoms with E-state index in [2.05, 4.69) is 13.0 Å². The molecule has 0 fully saturated rings. The van der Waals surface area contributed by atoms with Gasteiger partial charge < -0.3 is 10.5 Å². The molecule has 0 bridgehead atoms. The predicted octanol–water partition coefficient (Wildman–Crippen LogP) is 4.04. The van der Waals surface area contributed by atoms with Crippen LogP contribution in [0, 0.1) is 20.8 Å². The Balaban J connectivity index is 2.42. The van der Waals surface area contributed by atoms with Crippen molar-refractivity contribution in [1.29, 1.82) is 0 Å². The molecule has 3 heteroatoms. The van der Waals surface area contributed by atoms with Gasteiger partial charge in [0.25, 0.3) is 0 Å². The summed E-state index contributed by atoms with van der Waals surface area (Å²) in [5, 5.41) is 0. The number of rotatable bonds is 3. The number of hydrogen-bond donors (Lipinski definition) is 1. The van der Waals surface area contributed by atoms with Crippen LogP contribution in [-0.2, 0) is 0 Å². The molecule has 2 N–H and O–H groups in total. The van der Waals surface area contributed by atoms with Crippen LogP contribution in [0.15, 0.2) is 36.4 Å². The maximum Gasteiger partial charge on any atom is 0.137 e. The topological polar surface area (TPSA) is 35.2 Å². The van der Waals surface area contributed by atoms with Gasteiger partial charge in [-0.3, -0.25) is 0 Å². The van der Waals surface area contributed by atoms with E-state index >= 15 is 0 Å². The average molecular weight is 271 g/mol. The van der Waals surface area contributed by atoms with Gasteiger partial charge in [-0.25, -0.2) is 0 Å². The van der Waals surface area contributed by atoms with Crippen LogP contribution in [0.5, 0.6) is 11.5 Å². The summed E-state index contributed by atoms with van der Waals surface area (Å²) in [7, 11) is 0. The van der Waals surface area contributed by atoms with E-state index in [0.717, 1.165) is 22.4 Å². The summed E-state index contributed by atoms with van der Waals surface area (Å²) < 4.78 is 5.97. The molecule has 2 aromatic carbocycles. The van der Waals surface area contributed by atoms with Gasteiger partial charge in [0.2, 0.25) is 0 Å². The van der Waals surface area contributed by atoms with Crippen molar-refractivity contribution in [3.63, 3.8) is 0 Å². The van der Waals surface area contributed by atoms with Gasteiger partial charge in [-0.1, -0.05) is 36.0 Å². The first-order chi connectivity index (χ1) is 8.97. The predicted molar refractivity (Wildman–Crippen MR) is 83.1 cm³/mol. The summed E-state index contributed by atoms with van der Waals surface area (Å²) in [6.45, 7) is 6.10. The van der Waals surface area contributed by atoms with E-state index in [4.69, 9.17) is 22.7 Å². The van der Waals surface area contributed by atoms with E-state index < -0.39 is 0 Å². The molecule has 0 atom stereocenters. The highest BCUT2D eigenvalue weighted by Crippen LogP contribution is 2.29. The minimum atomic E-state index is 0.347. The number of aryl methyl sites for hydroxylation is 3. The number of hydrogen-bond acceptors (Lipinski definition) is 2. The highest BCUT2D eigenvalue weighted by molar-refractivity contribution is 7.80. The third kappa shape index (κ3) is 3.12. The summed E-state index contributed by atoms with van der Waals surface area (Å²) in [5.74, 6) is 1.54. The summed E-state index contributed by atoms with van der Waals surface area (Å²) in [6, 6.07) is 11.9. The zero-order chi connectivity index (χ0) is 14.0. The number of ether oxygens (including phenoxy) is 1. The maximum absolute atomic E-state index is 5.97. The maximum atomic E-state index is 5.97. The third-order valence-corrected chi connectivity index (χ3v) is 3.17. The van der Waals surface area contributed by atoms with Crippen molar-refractivity contribution in [1.82, 2.24) is 0 Å². The Hall–Kier alpha value is -1.87. The molecule has 19 heavy (non-hydrogen) atoms. The van der Waals surface area contributed by atoms with Gasteiger partial charge in [0.15, 0.2) is 0 Å². The van der Waals surface area contributed by atoms with Crippen molar-refractivity contribution in [2.75, 3.05) is 0 Å². The molecule has 0 aliphatic rings. The molecule has 0 saturated carbocycles. The molecular weight excluding hydrogens is 254 g/mol. The molecule has 0 spiro atoms. The standard InChI is InChI=1S/C16H17NOS/c1-10-5-7-14(12(3)8-10)18-15-9-11(2)4-6-13(15)16(17)19/h4-9H,1-3H3,(H2,17,19). The third-order valence-electron chi connectivity index (χ3n) is 2.95. The van der Waals surface area contributed by atoms with Crippen LogP contribution in [0.3, 0.4) is 0 Å². The quantitative estimate of drug-likeness (QED) is 0.856. The lowest BCUT2D eigenvalue weighted by molar-refractivity contribution is 0.477. The largest absolute Gasteiger partial charge is 0.456 e. The van der Waals surface area contributed by atoms with Crippen molar-refractivity contribution >= 4 is 17.2 Å². The van der Waals surface area contributed by atoms with Gasteiger partial charge in [0.05, 0.1) is 5.56 Å². The summed E-state index contributed by atoms with van der Waals surface area (Å²) in [6.07, 6.45) is 0. The molecule has 2 nitrogen and oxygen atoms in total. The molecular formula is C16H17NOS. The number of thiocarbonyl (C=S) groups is 1. The summed E-state index contributed by atoms with van der Waals surface area (Å²) >= 11 is 5.06. The highest BCUT2D eigenvalue weighted by Gasteiger charge is 2.09. The fourth-order valence-corrected chi connectivity index (χ4v) is 2.12. The number of nitrogens with two attached hydrogens (primary N) is 1. The van der Waals surface area contributed by atoms with E-state index in [1.807, 2.05) is 44.2 Å². The van der Waals surface area contributed by atoms with Crippen LogP contribution in [0.4, 0.5) is 0 Å². The van der Waals surface area contributed by atoms with E-state index in [9.17, 15) is 0 Å². The van der Waals surface area contributed by atoms with Crippen LogP contribution in [0.2, 0.25) is 0 Å². The summed E-state index contributed by atoms with van der Waals surface area (Å²) in [4.78, 5) is 0.347. The van der Waals surface area contributed by atoms with Crippen LogP contribution in [0.1, 0.15) is 22.3 Å². The molecule has 0 heterocycles. The zero-order valence-corrected chi connectivity index (χ0v) is 12.2. The Kier molecular flexibility index (Phi) is 3.86. The molecule has 0 radical (unpaired) electrons. The fourth-order valence-electron chi connectivity index (χ4n) is 1.95. The first-order valence-electron chi connectivity index (χ1n) is 6.13. The van der Waals surface area contributed by atoms with Crippen molar-refractivity contribution in [2.24, 2.45) is 5.73 Å². The second-order valence-electron chi connectivity index (χ2n) is 4.73. The molecule has 0 saturated heterocycles. The van der Waals surface area contributed by atoms with Gasteiger partial charge in [-0.2, -0.15) is 0 Å². The second-order valence-corrected chi connectivity index (χ2v) is 5.17. The van der Waals surface area contributed by atoms with Crippen molar-refractivity contribution in [2.45, 2.75) is 20.8 Å². The van der Waals surface area contributed by atoms with E-state index in [1.54, 1.807) is 0 Å². The molecule has 0 aliphatic carbocycles. The van der Waals surface area contributed by atoms with Gasteiger partial charge in [0, 0.05) is 0 Å². The normalized spacial score (nSPS) is 10.3. The van der Waals surface area contributed by atoms with Gasteiger partial charge >= 0.3 is 0 Å². The lowest BCUT2D eigenvalue weighted by Crippen LogP contribution is -2.11. The lowest BCUT2D eigenvalue weighted by atomic mass is 10.1. The smallest absolute Gasteiger partial charge is 0.137 e. The van der Waals surface area contributed by atoms with Crippen LogP contribution >= 0.6 is 12.2 Å². The van der Waals surface area contributed by atoms with Crippen LogP contribution in [-0.4, -0.2) is 4.99 Å². The minimum Gasteiger partial charge on any atom is -0.456 e. The van der Waals surface area contributed by atoms with Crippen molar-refractivity contribution in [3.8, 4) is 11.5 Å². The molecule has 0 amide bonds. The van der Waals surface area contributed by atoms with E-state index in [0.29, 0.717) is 10.7 Å². The van der Waals surface area contributed by atoms with E-state index in [1.165, 1.54) is 5.56 Å². The molecule has 2 rings (SSSR count). The Morgan fingerprint density at radius 3 is 2.21 bits per heavy atom.